The van der Waals surface area contributed by atoms with Crippen LogP contribution in [0.1, 0.15) is 44.6 Å². The van der Waals surface area contributed by atoms with Crippen molar-refractivity contribution in [3.63, 3.8) is 0 Å². The first-order chi connectivity index (χ1) is 9.61. The van der Waals surface area contributed by atoms with Crippen LogP contribution >= 0.6 is 0 Å². The Morgan fingerprint density at radius 3 is 2.55 bits per heavy atom. The summed E-state index contributed by atoms with van der Waals surface area (Å²) in [4.78, 5) is 0. The van der Waals surface area contributed by atoms with Crippen molar-refractivity contribution in [3.05, 3.63) is 29.8 Å². The molecule has 0 radical (unpaired) electrons. The first-order valence-corrected chi connectivity index (χ1v) is 7.69. The number of hydrogen-bond donors (Lipinski definition) is 2. The SMILES string of the molecule is Cc1ccc(OCCCCC(C)(CO)NC2CC2)cc1. The number of ether oxygens (including phenoxy) is 1. The molecular formula is C17H27NO2. The van der Waals surface area contributed by atoms with Crippen LogP contribution in [0, 0.1) is 6.92 Å². The third kappa shape index (κ3) is 5.14. The molecule has 1 aromatic rings. The average molecular weight is 277 g/mol. The number of benzene rings is 1. The van der Waals surface area contributed by atoms with E-state index in [2.05, 4.69) is 31.3 Å². The topological polar surface area (TPSA) is 41.5 Å². The Labute approximate surface area is 122 Å². The minimum atomic E-state index is -0.120. The second kappa shape index (κ2) is 7.09. The molecule has 1 aliphatic carbocycles. The quantitative estimate of drug-likeness (QED) is 0.682. The molecule has 112 valence electrons. The van der Waals surface area contributed by atoms with Gasteiger partial charge in [0.2, 0.25) is 0 Å². The van der Waals surface area contributed by atoms with Crippen LogP contribution in [-0.4, -0.2) is 29.9 Å². The van der Waals surface area contributed by atoms with E-state index in [0.717, 1.165) is 31.6 Å². The van der Waals surface area contributed by atoms with Crippen LogP contribution in [0.3, 0.4) is 0 Å². The summed E-state index contributed by atoms with van der Waals surface area (Å²) in [5, 5.41) is 13.1. The summed E-state index contributed by atoms with van der Waals surface area (Å²) in [5.74, 6) is 0.941. The van der Waals surface area contributed by atoms with Gasteiger partial charge in [0.1, 0.15) is 5.75 Å². The molecule has 0 heterocycles. The molecule has 1 fully saturated rings. The largest absolute Gasteiger partial charge is 0.494 e. The van der Waals surface area contributed by atoms with Gasteiger partial charge in [0.25, 0.3) is 0 Å². The first-order valence-electron chi connectivity index (χ1n) is 7.69. The molecule has 2 rings (SSSR count). The molecule has 1 aliphatic rings. The van der Waals surface area contributed by atoms with Gasteiger partial charge in [0.15, 0.2) is 0 Å². The van der Waals surface area contributed by atoms with Crippen LogP contribution in [0.15, 0.2) is 24.3 Å². The van der Waals surface area contributed by atoms with Crippen LogP contribution in [0.5, 0.6) is 5.75 Å². The maximum Gasteiger partial charge on any atom is 0.119 e. The maximum atomic E-state index is 9.53. The number of nitrogens with one attached hydrogen (secondary N) is 1. The van der Waals surface area contributed by atoms with E-state index in [1.165, 1.54) is 18.4 Å². The van der Waals surface area contributed by atoms with Gasteiger partial charge in [0.05, 0.1) is 13.2 Å². The van der Waals surface area contributed by atoms with E-state index in [4.69, 9.17) is 4.74 Å². The van der Waals surface area contributed by atoms with Crippen molar-refractivity contribution < 1.29 is 9.84 Å². The fourth-order valence-corrected chi connectivity index (χ4v) is 2.36. The lowest BCUT2D eigenvalue weighted by Gasteiger charge is -2.29. The number of aryl methyl sites for hydroxylation is 1. The molecule has 20 heavy (non-hydrogen) atoms. The van der Waals surface area contributed by atoms with Gasteiger partial charge in [-0.25, -0.2) is 0 Å². The van der Waals surface area contributed by atoms with E-state index >= 15 is 0 Å². The zero-order chi connectivity index (χ0) is 14.4. The molecule has 1 atom stereocenters. The lowest BCUT2D eigenvalue weighted by molar-refractivity contribution is 0.158. The second-order valence-electron chi connectivity index (χ2n) is 6.26. The highest BCUT2D eigenvalue weighted by molar-refractivity contribution is 5.26. The predicted molar refractivity (Wildman–Crippen MR) is 82.2 cm³/mol. The molecular weight excluding hydrogens is 250 g/mol. The Hall–Kier alpha value is -1.06. The van der Waals surface area contributed by atoms with Crippen LogP contribution < -0.4 is 10.1 Å². The summed E-state index contributed by atoms with van der Waals surface area (Å²) in [7, 11) is 0. The monoisotopic (exact) mass is 277 g/mol. The van der Waals surface area contributed by atoms with E-state index < -0.39 is 0 Å². The fraction of sp³-hybridized carbons (Fsp3) is 0.647. The second-order valence-corrected chi connectivity index (χ2v) is 6.26. The Kier molecular flexibility index (Phi) is 5.44. The molecule has 0 saturated heterocycles. The van der Waals surface area contributed by atoms with Crippen molar-refractivity contribution >= 4 is 0 Å². The van der Waals surface area contributed by atoms with Gasteiger partial charge in [-0.2, -0.15) is 0 Å². The van der Waals surface area contributed by atoms with Crippen LogP contribution in [0.4, 0.5) is 0 Å². The molecule has 0 bridgehead atoms. The normalized spacial score (nSPS) is 17.8. The molecule has 1 unspecified atom stereocenters. The predicted octanol–water partition coefficient (Wildman–Crippen LogP) is 3.05. The number of aliphatic hydroxyl groups is 1. The summed E-state index contributed by atoms with van der Waals surface area (Å²) in [5.41, 5.74) is 1.13. The summed E-state index contributed by atoms with van der Waals surface area (Å²) in [6.07, 6.45) is 5.61. The zero-order valence-corrected chi connectivity index (χ0v) is 12.7. The van der Waals surface area contributed by atoms with Gasteiger partial charge in [0, 0.05) is 11.6 Å². The van der Waals surface area contributed by atoms with Gasteiger partial charge < -0.3 is 15.2 Å². The highest BCUT2D eigenvalue weighted by atomic mass is 16.5. The number of rotatable bonds is 9. The maximum absolute atomic E-state index is 9.53. The van der Waals surface area contributed by atoms with Crippen molar-refractivity contribution in [2.24, 2.45) is 0 Å². The van der Waals surface area contributed by atoms with Crippen LogP contribution in [0.2, 0.25) is 0 Å². The van der Waals surface area contributed by atoms with Crippen LogP contribution in [-0.2, 0) is 0 Å². The van der Waals surface area contributed by atoms with Crippen molar-refractivity contribution in [1.29, 1.82) is 0 Å². The third-order valence-corrected chi connectivity index (χ3v) is 3.89. The van der Waals surface area contributed by atoms with Gasteiger partial charge in [-0.05, 0) is 58.1 Å². The fourth-order valence-electron chi connectivity index (χ4n) is 2.36. The Balaban J connectivity index is 1.61. The standard InChI is InChI=1S/C17H27NO2/c1-14-5-9-16(10-6-14)20-12-4-3-11-17(2,13-19)18-15-7-8-15/h5-6,9-10,15,18-19H,3-4,7-8,11-13H2,1-2H3. The van der Waals surface area contributed by atoms with E-state index in [-0.39, 0.29) is 12.1 Å². The van der Waals surface area contributed by atoms with Crippen molar-refractivity contribution in [2.75, 3.05) is 13.2 Å². The number of unbranched alkanes of at least 4 members (excludes halogenated alkanes) is 1. The molecule has 3 heteroatoms. The molecule has 0 aromatic heterocycles. The smallest absolute Gasteiger partial charge is 0.119 e. The Morgan fingerprint density at radius 1 is 1.25 bits per heavy atom. The number of aliphatic hydroxyl groups excluding tert-OH is 1. The van der Waals surface area contributed by atoms with Gasteiger partial charge in [-0.15, -0.1) is 0 Å². The van der Waals surface area contributed by atoms with Gasteiger partial charge in [-0.3, -0.25) is 0 Å². The Morgan fingerprint density at radius 2 is 1.95 bits per heavy atom. The highest BCUT2D eigenvalue weighted by Crippen LogP contribution is 2.25. The van der Waals surface area contributed by atoms with Crippen molar-refractivity contribution in [1.82, 2.24) is 5.32 Å². The zero-order valence-electron chi connectivity index (χ0n) is 12.7. The van der Waals surface area contributed by atoms with Gasteiger partial charge in [-0.1, -0.05) is 17.7 Å². The third-order valence-electron chi connectivity index (χ3n) is 3.89. The summed E-state index contributed by atoms with van der Waals surface area (Å²) in [6.45, 7) is 5.15. The Bertz CT molecular complexity index is 400. The molecule has 0 aliphatic heterocycles. The van der Waals surface area contributed by atoms with Crippen molar-refractivity contribution in [3.8, 4) is 5.75 Å². The summed E-state index contributed by atoms with van der Waals surface area (Å²) in [6, 6.07) is 8.80. The van der Waals surface area contributed by atoms with Crippen molar-refractivity contribution in [2.45, 2.75) is 57.5 Å². The van der Waals surface area contributed by atoms with E-state index in [1.807, 2.05) is 12.1 Å². The molecule has 1 saturated carbocycles. The number of hydrogen-bond acceptors (Lipinski definition) is 3. The molecule has 1 aromatic carbocycles. The molecule has 0 amide bonds. The van der Waals surface area contributed by atoms with E-state index in [1.54, 1.807) is 0 Å². The minimum Gasteiger partial charge on any atom is -0.494 e. The molecule has 2 N–H and O–H groups in total. The molecule has 3 nitrogen and oxygen atoms in total. The summed E-state index contributed by atoms with van der Waals surface area (Å²) < 4.78 is 5.72. The van der Waals surface area contributed by atoms with Gasteiger partial charge >= 0.3 is 0 Å². The summed E-state index contributed by atoms with van der Waals surface area (Å²) >= 11 is 0. The highest BCUT2D eigenvalue weighted by Gasteiger charge is 2.31. The average Bonchev–Trinajstić information content (AvgIpc) is 3.24. The van der Waals surface area contributed by atoms with Crippen LogP contribution in [0.25, 0.3) is 0 Å². The molecule has 0 spiro atoms. The van der Waals surface area contributed by atoms with E-state index in [9.17, 15) is 5.11 Å². The van der Waals surface area contributed by atoms with E-state index in [0.29, 0.717) is 6.04 Å². The first kappa shape index (κ1) is 15.3. The lowest BCUT2D eigenvalue weighted by Crippen LogP contribution is -2.46. The minimum absolute atomic E-state index is 0.120. The lowest BCUT2D eigenvalue weighted by atomic mass is 9.95.